The van der Waals surface area contributed by atoms with Crippen LogP contribution in [0.2, 0.25) is 0 Å². The van der Waals surface area contributed by atoms with E-state index in [0.29, 0.717) is 17.9 Å². The first kappa shape index (κ1) is 14.6. The predicted molar refractivity (Wildman–Crippen MR) is 93.5 cm³/mol. The van der Waals surface area contributed by atoms with Gasteiger partial charge in [-0.2, -0.15) is 0 Å². The van der Waals surface area contributed by atoms with Gasteiger partial charge in [-0.15, -0.1) is 0 Å². The Bertz CT molecular complexity index is 621. The number of hydrogen-bond donors (Lipinski definition) is 1. The van der Waals surface area contributed by atoms with Crippen LogP contribution in [0.5, 0.6) is 0 Å². The summed E-state index contributed by atoms with van der Waals surface area (Å²) in [5, 5.41) is 3.40. The molecule has 0 aromatic carbocycles. The zero-order valence-electron chi connectivity index (χ0n) is 13.3. The van der Waals surface area contributed by atoms with Crippen molar-refractivity contribution in [1.29, 1.82) is 0 Å². The van der Waals surface area contributed by atoms with E-state index in [4.69, 9.17) is 4.74 Å². The van der Waals surface area contributed by atoms with Gasteiger partial charge in [-0.1, -0.05) is 18.2 Å². The summed E-state index contributed by atoms with van der Waals surface area (Å²) >= 11 is 0. The molecule has 0 bridgehead atoms. The molecule has 0 aromatic rings. The molecule has 3 atom stereocenters. The molecule has 3 heterocycles. The zero-order chi connectivity index (χ0) is 15.5. The van der Waals surface area contributed by atoms with Crippen LogP contribution in [0.25, 0.3) is 0 Å². The maximum Gasteiger partial charge on any atom is 0.106 e. The van der Waals surface area contributed by atoms with Crippen molar-refractivity contribution in [3.63, 3.8) is 0 Å². The molecule has 3 unspecified atom stereocenters. The van der Waals surface area contributed by atoms with E-state index < -0.39 is 0 Å². The van der Waals surface area contributed by atoms with Crippen molar-refractivity contribution in [2.45, 2.75) is 25.4 Å². The molecule has 1 fully saturated rings. The first-order chi connectivity index (χ1) is 11.4. The molecule has 0 saturated carbocycles. The number of allylic oxidation sites excluding steroid dienone is 6. The van der Waals surface area contributed by atoms with Gasteiger partial charge in [-0.25, -0.2) is 0 Å². The minimum absolute atomic E-state index is 0.245. The van der Waals surface area contributed by atoms with Gasteiger partial charge in [0, 0.05) is 36.7 Å². The highest BCUT2D eigenvalue weighted by atomic mass is 16.5. The second-order valence-corrected chi connectivity index (χ2v) is 6.55. The molecule has 120 valence electrons. The number of fused-ring (bicyclic) bond motifs is 1. The lowest BCUT2D eigenvalue weighted by Gasteiger charge is -2.33. The third-order valence-corrected chi connectivity index (χ3v) is 4.94. The van der Waals surface area contributed by atoms with Crippen molar-refractivity contribution in [1.82, 2.24) is 5.32 Å². The molecule has 4 rings (SSSR count). The summed E-state index contributed by atoms with van der Waals surface area (Å²) < 4.78 is 6.42. The van der Waals surface area contributed by atoms with E-state index in [9.17, 15) is 0 Å². The molecule has 0 spiro atoms. The van der Waals surface area contributed by atoms with E-state index in [1.165, 1.54) is 5.57 Å². The van der Waals surface area contributed by atoms with Crippen molar-refractivity contribution >= 4 is 12.4 Å². The molecule has 1 N–H and O–H groups in total. The average Bonchev–Trinajstić information content (AvgIpc) is 2.63. The number of hydrogen-bond acceptors (Lipinski definition) is 4. The first-order valence-electron chi connectivity index (χ1n) is 8.59. The molecule has 1 aliphatic carbocycles. The van der Waals surface area contributed by atoms with Gasteiger partial charge in [0.15, 0.2) is 0 Å². The Balaban J connectivity index is 1.58. The SMILES string of the molecule is C1=CN=CC(C2=CC3C=CN=CC3C(OC3CCNCC3)=C2)C1. The third kappa shape index (κ3) is 3.22. The molecule has 3 aliphatic heterocycles. The van der Waals surface area contributed by atoms with Crippen LogP contribution in [0.3, 0.4) is 0 Å². The second-order valence-electron chi connectivity index (χ2n) is 6.55. The summed E-state index contributed by atoms with van der Waals surface area (Å²) in [4.78, 5) is 8.65. The van der Waals surface area contributed by atoms with Crippen LogP contribution < -0.4 is 5.32 Å². The van der Waals surface area contributed by atoms with E-state index in [0.717, 1.165) is 38.1 Å². The van der Waals surface area contributed by atoms with Gasteiger partial charge >= 0.3 is 0 Å². The molecule has 4 aliphatic rings. The average molecular weight is 309 g/mol. The standard InChI is InChI=1S/C19H23N3O/c1-2-15(12-21-6-1)16-10-14-3-7-22-13-18(14)19(11-16)23-17-4-8-20-9-5-17/h1,3,6-7,10-15,17-18,20H,2,4-5,8-9H2. The number of piperidine rings is 1. The number of nitrogens with one attached hydrogen (secondary N) is 1. The highest BCUT2D eigenvalue weighted by Gasteiger charge is 2.31. The Hall–Kier alpha value is -1.94. The quantitative estimate of drug-likeness (QED) is 0.871. The number of nitrogens with zero attached hydrogens (tertiary/aromatic N) is 2. The normalized spacial score (nSPS) is 33.1. The molecule has 4 nitrogen and oxygen atoms in total. The van der Waals surface area contributed by atoms with Gasteiger partial charge < -0.3 is 10.1 Å². The number of ether oxygens (including phenoxy) is 1. The molecule has 1 saturated heterocycles. The summed E-state index contributed by atoms with van der Waals surface area (Å²) in [5.41, 5.74) is 1.32. The summed E-state index contributed by atoms with van der Waals surface area (Å²) in [7, 11) is 0. The lowest BCUT2D eigenvalue weighted by Crippen LogP contribution is -2.34. The van der Waals surface area contributed by atoms with Crippen molar-refractivity contribution < 1.29 is 4.74 Å². The summed E-state index contributed by atoms with van der Waals surface area (Å²) in [6, 6.07) is 0. The van der Waals surface area contributed by atoms with Crippen LogP contribution in [0.1, 0.15) is 19.3 Å². The zero-order valence-corrected chi connectivity index (χ0v) is 13.3. The Morgan fingerprint density at radius 3 is 2.78 bits per heavy atom. The minimum atomic E-state index is 0.245. The first-order valence-corrected chi connectivity index (χ1v) is 8.59. The fraction of sp³-hybridized carbons (Fsp3) is 0.474. The lowest BCUT2D eigenvalue weighted by atomic mass is 9.80. The van der Waals surface area contributed by atoms with Gasteiger partial charge in [-0.05, 0) is 44.0 Å². The highest BCUT2D eigenvalue weighted by molar-refractivity contribution is 5.72. The van der Waals surface area contributed by atoms with E-state index in [2.05, 4.69) is 39.6 Å². The Morgan fingerprint density at radius 1 is 1.09 bits per heavy atom. The second kappa shape index (κ2) is 6.67. The summed E-state index contributed by atoms with van der Waals surface area (Å²) in [6.07, 6.45) is 20.3. The monoisotopic (exact) mass is 309 g/mol. The van der Waals surface area contributed by atoms with Crippen molar-refractivity contribution in [2.24, 2.45) is 27.7 Å². The van der Waals surface area contributed by atoms with Gasteiger partial charge in [-0.3, -0.25) is 9.98 Å². The molecular formula is C19H23N3O. The van der Waals surface area contributed by atoms with Crippen LogP contribution in [0, 0.1) is 17.8 Å². The number of rotatable bonds is 3. The van der Waals surface area contributed by atoms with Crippen LogP contribution in [-0.2, 0) is 4.74 Å². The van der Waals surface area contributed by atoms with Gasteiger partial charge in [0.1, 0.15) is 11.9 Å². The number of aliphatic imine (C=N–C) groups is 2. The molecular weight excluding hydrogens is 286 g/mol. The fourth-order valence-corrected chi connectivity index (χ4v) is 3.62. The van der Waals surface area contributed by atoms with Gasteiger partial charge in [0.2, 0.25) is 0 Å². The summed E-state index contributed by atoms with van der Waals surface area (Å²) in [5.74, 6) is 2.04. The third-order valence-electron chi connectivity index (χ3n) is 4.94. The predicted octanol–water partition coefficient (Wildman–Crippen LogP) is 3.01. The van der Waals surface area contributed by atoms with Crippen molar-refractivity contribution in [3.8, 4) is 0 Å². The van der Waals surface area contributed by atoms with Gasteiger partial charge in [0.25, 0.3) is 0 Å². The van der Waals surface area contributed by atoms with Gasteiger partial charge in [0.05, 0.1) is 5.92 Å². The summed E-state index contributed by atoms with van der Waals surface area (Å²) in [6.45, 7) is 2.09. The molecule has 0 amide bonds. The largest absolute Gasteiger partial charge is 0.494 e. The maximum atomic E-state index is 6.42. The van der Waals surface area contributed by atoms with Crippen LogP contribution in [0.4, 0.5) is 0 Å². The topological polar surface area (TPSA) is 46.0 Å². The fourth-order valence-electron chi connectivity index (χ4n) is 3.62. The van der Waals surface area contributed by atoms with Crippen molar-refractivity contribution in [2.75, 3.05) is 13.1 Å². The molecule has 4 heteroatoms. The molecule has 23 heavy (non-hydrogen) atoms. The smallest absolute Gasteiger partial charge is 0.106 e. The molecule has 0 radical (unpaired) electrons. The molecule has 0 aromatic heterocycles. The van der Waals surface area contributed by atoms with E-state index in [1.807, 2.05) is 24.8 Å². The lowest BCUT2D eigenvalue weighted by molar-refractivity contribution is 0.0728. The minimum Gasteiger partial charge on any atom is -0.494 e. The van der Waals surface area contributed by atoms with E-state index in [-0.39, 0.29) is 5.92 Å². The van der Waals surface area contributed by atoms with Crippen molar-refractivity contribution in [3.05, 3.63) is 48.0 Å². The Labute approximate surface area is 137 Å². The van der Waals surface area contributed by atoms with E-state index in [1.54, 1.807) is 0 Å². The van der Waals surface area contributed by atoms with Crippen LogP contribution in [-0.4, -0.2) is 31.6 Å². The maximum absolute atomic E-state index is 6.42. The Kier molecular flexibility index (Phi) is 4.24. The van der Waals surface area contributed by atoms with Crippen LogP contribution in [0.15, 0.2) is 58.0 Å². The highest BCUT2D eigenvalue weighted by Crippen LogP contribution is 2.36. The van der Waals surface area contributed by atoms with Crippen LogP contribution >= 0.6 is 0 Å². The Morgan fingerprint density at radius 2 is 1.96 bits per heavy atom. The van der Waals surface area contributed by atoms with E-state index >= 15 is 0 Å².